The Balaban J connectivity index is 1.91. The van der Waals surface area contributed by atoms with Gasteiger partial charge in [-0.05, 0) is 47.3 Å². The van der Waals surface area contributed by atoms with E-state index in [4.69, 9.17) is 15.7 Å². The molecule has 0 bridgehead atoms. The Labute approximate surface area is 182 Å². The third-order valence-corrected chi connectivity index (χ3v) is 4.70. The van der Waals surface area contributed by atoms with Gasteiger partial charge in [0.05, 0.1) is 24.9 Å². The molecule has 4 rings (SSSR count). The summed E-state index contributed by atoms with van der Waals surface area (Å²) < 4.78 is 5.30. The molecule has 0 fully saturated rings. The van der Waals surface area contributed by atoms with Crippen molar-refractivity contribution in [3.63, 3.8) is 0 Å². The van der Waals surface area contributed by atoms with Gasteiger partial charge < -0.3 is 10.1 Å². The van der Waals surface area contributed by atoms with Gasteiger partial charge >= 0.3 is 0 Å². The van der Waals surface area contributed by atoms with Crippen LogP contribution in [0.2, 0.25) is 0 Å². The molecule has 0 aliphatic carbocycles. The predicted molar refractivity (Wildman–Crippen MR) is 120 cm³/mol. The zero-order chi connectivity index (χ0) is 22.5. The summed E-state index contributed by atoms with van der Waals surface area (Å²) in [7, 11) is 1.58. The highest BCUT2D eigenvalue weighted by atomic mass is 16.5. The van der Waals surface area contributed by atoms with Gasteiger partial charge in [0.2, 0.25) is 0 Å². The summed E-state index contributed by atoms with van der Waals surface area (Å²) in [5.41, 5.74) is 11.7. The number of nitrogens with zero attached hydrogens (tertiary/aromatic N) is 4. The third-order valence-electron chi connectivity index (χ3n) is 4.70. The van der Waals surface area contributed by atoms with Crippen molar-refractivity contribution in [3.8, 4) is 28.0 Å². The maximum absolute atomic E-state index is 11.8. The summed E-state index contributed by atoms with van der Waals surface area (Å²) in [5.74, 6) is 2.19. The number of pyridine rings is 1. The Morgan fingerprint density at radius 1 is 1.12 bits per heavy atom. The van der Waals surface area contributed by atoms with Crippen LogP contribution < -0.4 is 10.1 Å². The fourth-order valence-electron chi connectivity index (χ4n) is 3.27. The molecule has 0 atom stereocenters. The molecule has 0 saturated carbocycles. The molecule has 3 N–H and O–H groups in total. The summed E-state index contributed by atoms with van der Waals surface area (Å²) in [6, 6.07) is 13.0. The Hall–Kier alpha value is -4.75. The number of hydrogen-bond acceptors (Lipinski definition) is 8. The van der Waals surface area contributed by atoms with Crippen LogP contribution in [-0.2, 0) is 4.79 Å². The molecule has 32 heavy (non-hydrogen) atoms. The third kappa shape index (κ3) is 4.23. The summed E-state index contributed by atoms with van der Waals surface area (Å²) >= 11 is 0. The number of rotatable bonds is 6. The predicted octanol–water partition coefficient (Wildman–Crippen LogP) is 4.77. The number of carbonyl (C=O) groups excluding carboxylic acids is 1. The molecule has 0 spiro atoms. The van der Waals surface area contributed by atoms with E-state index in [0.29, 0.717) is 17.0 Å². The summed E-state index contributed by atoms with van der Waals surface area (Å²) in [5, 5.41) is 13.7. The number of anilines is 1. The van der Waals surface area contributed by atoms with Crippen LogP contribution in [0.1, 0.15) is 0 Å². The first-order valence-electron chi connectivity index (χ1n) is 9.46. The minimum absolute atomic E-state index is 0.0510. The molecule has 156 valence electrons. The largest absolute Gasteiger partial charge is 0.495 e. The summed E-state index contributed by atoms with van der Waals surface area (Å²) in [6.07, 6.45) is 6.00. The normalized spacial score (nSPS) is 10.3. The van der Waals surface area contributed by atoms with E-state index in [9.17, 15) is 4.79 Å². The molecule has 2 aromatic carbocycles. The van der Waals surface area contributed by atoms with Crippen molar-refractivity contribution < 1.29 is 9.53 Å². The van der Waals surface area contributed by atoms with E-state index < -0.39 is 5.91 Å². The quantitative estimate of drug-likeness (QED) is 0.233. The van der Waals surface area contributed by atoms with Crippen molar-refractivity contribution in [1.29, 1.82) is 10.9 Å². The molecule has 0 saturated heterocycles. The van der Waals surface area contributed by atoms with Crippen molar-refractivity contribution in [2.75, 3.05) is 12.4 Å². The number of fused-ring (bicyclic) bond motifs is 1. The second-order valence-electron chi connectivity index (χ2n) is 6.72. The van der Waals surface area contributed by atoms with Crippen LogP contribution in [0.25, 0.3) is 33.2 Å². The molecular formula is C23H17N7O2. The number of methoxy groups -OCH3 is 1. The fraction of sp³-hybridized carbons (Fsp3) is 0.0435. The second-order valence-corrected chi connectivity index (χ2v) is 6.72. The Kier molecular flexibility index (Phi) is 5.74. The minimum Gasteiger partial charge on any atom is -0.495 e. The van der Waals surface area contributed by atoms with Gasteiger partial charge in [-0.25, -0.2) is 15.5 Å². The molecule has 1 amide bonds. The second kappa shape index (κ2) is 8.95. The lowest BCUT2D eigenvalue weighted by atomic mass is 9.96. The molecule has 0 radical (unpaired) electrons. The van der Waals surface area contributed by atoms with Crippen LogP contribution in [0.4, 0.5) is 11.6 Å². The van der Waals surface area contributed by atoms with Gasteiger partial charge in [-0.3, -0.25) is 15.2 Å². The van der Waals surface area contributed by atoms with Gasteiger partial charge in [-0.2, -0.15) is 0 Å². The number of aromatic nitrogens is 3. The molecule has 4 aromatic rings. The Morgan fingerprint density at radius 3 is 2.78 bits per heavy atom. The van der Waals surface area contributed by atoms with Crippen molar-refractivity contribution in [2.24, 2.45) is 5.11 Å². The first-order valence-corrected chi connectivity index (χ1v) is 9.46. The molecule has 0 aliphatic heterocycles. The number of hydrogen-bond donors (Lipinski definition) is 3. The SMILES string of the molecule is COc1cncc(-c2cc(-c3cccc(NC(=O)C=C=N)c3)c3nc(N=N)ncc3c2)c1. The van der Waals surface area contributed by atoms with Crippen molar-refractivity contribution in [1.82, 2.24) is 15.0 Å². The van der Waals surface area contributed by atoms with E-state index in [2.05, 4.69) is 25.4 Å². The van der Waals surface area contributed by atoms with E-state index in [-0.39, 0.29) is 5.95 Å². The zero-order valence-corrected chi connectivity index (χ0v) is 17.0. The first kappa shape index (κ1) is 20.5. The van der Waals surface area contributed by atoms with Gasteiger partial charge in [-0.1, -0.05) is 12.1 Å². The highest BCUT2D eigenvalue weighted by Gasteiger charge is 2.13. The lowest BCUT2D eigenvalue weighted by molar-refractivity contribution is -0.111. The average molecular weight is 423 g/mol. The van der Waals surface area contributed by atoms with Gasteiger partial charge in [0.15, 0.2) is 0 Å². The standard InChI is InChI=1S/C23H17N7O2/c1-32-19-9-16(11-26-13-19)15-7-17-12-27-23(30-25)29-22(17)20(10-15)14-3-2-4-18(8-14)28-21(31)5-6-24/h2-5,7-13,24-25H,1H3,(H,28,31). The van der Waals surface area contributed by atoms with Crippen LogP contribution in [0.15, 0.2) is 72.2 Å². The maximum Gasteiger partial charge on any atom is 0.268 e. The smallest absolute Gasteiger partial charge is 0.268 e. The maximum atomic E-state index is 11.8. The van der Waals surface area contributed by atoms with Crippen LogP contribution in [-0.4, -0.2) is 33.8 Å². The zero-order valence-electron chi connectivity index (χ0n) is 17.0. The molecule has 2 heterocycles. The Bertz CT molecular complexity index is 1390. The van der Waals surface area contributed by atoms with E-state index in [1.165, 1.54) is 0 Å². The first-order chi connectivity index (χ1) is 15.6. The molecule has 0 unspecified atom stereocenters. The lowest BCUT2D eigenvalue weighted by Crippen LogP contribution is -2.07. The molecule has 0 aliphatic rings. The lowest BCUT2D eigenvalue weighted by Gasteiger charge is -2.12. The van der Waals surface area contributed by atoms with Gasteiger partial charge in [-0.15, -0.1) is 5.11 Å². The molecular weight excluding hydrogens is 406 g/mol. The number of amides is 1. The van der Waals surface area contributed by atoms with E-state index in [1.54, 1.807) is 37.8 Å². The van der Waals surface area contributed by atoms with Crippen molar-refractivity contribution >= 4 is 34.3 Å². The van der Waals surface area contributed by atoms with Gasteiger partial charge in [0, 0.05) is 34.6 Å². The summed E-state index contributed by atoms with van der Waals surface area (Å²) in [6.45, 7) is 0. The molecule has 9 nitrogen and oxygen atoms in total. The van der Waals surface area contributed by atoms with Crippen molar-refractivity contribution in [3.05, 3.63) is 67.1 Å². The number of ether oxygens (including phenoxy) is 1. The topological polar surface area (TPSA) is 137 Å². The summed E-state index contributed by atoms with van der Waals surface area (Å²) in [4.78, 5) is 24.6. The minimum atomic E-state index is -0.448. The average Bonchev–Trinajstić information content (AvgIpc) is 2.83. The van der Waals surface area contributed by atoms with Gasteiger partial charge in [0.1, 0.15) is 5.75 Å². The molecule has 2 aromatic heterocycles. The monoisotopic (exact) mass is 423 g/mol. The number of nitrogens with one attached hydrogen (secondary N) is 3. The highest BCUT2D eigenvalue weighted by Crippen LogP contribution is 2.35. The number of benzene rings is 2. The van der Waals surface area contributed by atoms with Crippen LogP contribution in [0, 0.1) is 10.9 Å². The van der Waals surface area contributed by atoms with Crippen LogP contribution >= 0.6 is 0 Å². The van der Waals surface area contributed by atoms with Crippen molar-refractivity contribution in [2.45, 2.75) is 0 Å². The van der Waals surface area contributed by atoms with E-state index in [1.807, 2.05) is 36.2 Å². The highest BCUT2D eigenvalue weighted by molar-refractivity contribution is 6.04. The fourth-order valence-corrected chi connectivity index (χ4v) is 3.27. The van der Waals surface area contributed by atoms with E-state index in [0.717, 1.165) is 33.7 Å². The van der Waals surface area contributed by atoms with E-state index >= 15 is 0 Å². The van der Waals surface area contributed by atoms with Crippen LogP contribution in [0.3, 0.4) is 0 Å². The van der Waals surface area contributed by atoms with Gasteiger partial charge in [0.25, 0.3) is 11.9 Å². The number of carbonyl (C=O) groups is 1. The Morgan fingerprint density at radius 2 is 2.00 bits per heavy atom. The van der Waals surface area contributed by atoms with Crippen LogP contribution in [0.5, 0.6) is 5.75 Å². The molecule has 9 heteroatoms.